The third kappa shape index (κ3) is 4.03. The van der Waals surface area contributed by atoms with Crippen molar-refractivity contribution >= 4 is 28.9 Å². The van der Waals surface area contributed by atoms with Crippen LogP contribution in [0.2, 0.25) is 0 Å². The van der Waals surface area contributed by atoms with Crippen LogP contribution in [0.15, 0.2) is 30.6 Å². The van der Waals surface area contributed by atoms with Gasteiger partial charge in [-0.1, -0.05) is 12.1 Å². The van der Waals surface area contributed by atoms with E-state index in [4.69, 9.17) is 0 Å². The number of rotatable bonds is 7. The highest BCUT2D eigenvalue weighted by Crippen LogP contribution is 2.32. The van der Waals surface area contributed by atoms with Gasteiger partial charge in [-0.05, 0) is 18.9 Å². The number of amides is 1. The lowest BCUT2D eigenvalue weighted by molar-refractivity contribution is -0.117. The maximum atomic E-state index is 12.1. The van der Waals surface area contributed by atoms with Crippen LogP contribution in [-0.4, -0.2) is 41.8 Å². The molecule has 1 amide bonds. The van der Waals surface area contributed by atoms with E-state index in [9.17, 15) is 14.7 Å². The highest BCUT2D eigenvalue weighted by atomic mass is 16.3. The van der Waals surface area contributed by atoms with Crippen LogP contribution in [-0.2, 0) is 18.4 Å². The van der Waals surface area contributed by atoms with Gasteiger partial charge in [-0.3, -0.25) is 14.3 Å². The van der Waals surface area contributed by atoms with Crippen molar-refractivity contribution in [3.63, 3.8) is 0 Å². The summed E-state index contributed by atoms with van der Waals surface area (Å²) < 4.78 is 1.58. The smallest absolute Gasteiger partial charge is 0.228 e. The minimum absolute atomic E-state index is 0.0132. The van der Waals surface area contributed by atoms with E-state index in [-0.39, 0.29) is 35.7 Å². The van der Waals surface area contributed by atoms with Crippen molar-refractivity contribution in [3.8, 4) is 11.4 Å². The summed E-state index contributed by atoms with van der Waals surface area (Å²) in [5, 5.41) is 28.1. The highest BCUT2D eigenvalue weighted by molar-refractivity contribution is 5.99. The SMILES string of the molecule is CC(=O)c1nnc(NC(=O)C2CC2)cc1Nc1cccc(-c2ncn(C)n2)c1CO. The average Bonchev–Trinajstić information content (AvgIpc) is 3.49. The number of hydrogen-bond donors (Lipinski definition) is 3. The monoisotopic (exact) mass is 407 g/mol. The summed E-state index contributed by atoms with van der Waals surface area (Å²) in [6.45, 7) is 1.12. The minimum Gasteiger partial charge on any atom is -0.392 e. The molecule has 3 N–H and O–H groups in total. The molecule has 0 unspecified atom stereocenters. The molecule has 1 saturated carbocycles. The average molecular weight is 407 g/mol. The second-order valence-corrected chi connectivity index (χ2v) is 7.17. The lowest BCUT2D eigenvalue weighted by atomic mass is 10.0. The Morgan fingerprint density at radius 3 is 2.67 bits per heavy atom. The zero-order valence-corrected chi connectivity index (χ0v) is 16.6. The minimum atomic E-state index is -0.279. The van der Waals surface area contributed by atoms with E-state index in [1.54, 1.807) is 36.3 Å². The standard InChI is InChI=1S/C20H21N7O3/c1-11(29)18-16(8-17(24-25-18)23-20(30)12-6-7-12)22-15-5-3-4-13(14(15)9-28)19-21-10-27(2)26-19/h3-5,8,10,12,28H,6-7,9H2,1-2H3,(H2,22,23,24,30). The second-order valence-electron chi connectivity index (χ2n) is 7.17. The van der Waals surface area contributed by atoms with Gasteiger partial charge < -0.3 is 15.7 Å². The zero-order valence-electron chi connectivity index (χ0n) is 16.6. The number of hydrogen-bond acceptors (Lipinski definition) is 8. The van der Waals surface area contributed by atoms with Gasteiger partial charge in [0.25, 0.3) is 0 Å². The van der Waals surface area contributed by atoms with E-state index in [0.29, 0.717) is 28.3 Å². The van der Waals surface area contributed by atoms with Crippen LogP contribution in [0, 0.1) is 5.92 Å². The molecule has 2 heterocycles. The summed E-state index contributed by atoms with van der Waals surface area (Å²) in [5.74, 6) is 0.359. The second kappa shape index (κ2) is 7.99. The number of nitrogens with one attached hydrogen (secondary N) is 2. The Balaban J connectivity index is 1.70. The number of aliphatic hydroxyl groups is 1. The molecule has 1 aromatic carbocycles. The first-order valence-corrected chi connectivity index (χ1v) is 9.51. The molecule has 154 valence electrons. The molecule has 0 bridgehead atoms. The summed E-state index contributed by atoms with van der Waals surface area (Å²) in [7, 11) is 1.76. The molecule has 10 heteroatoms. The number of aromatic nitrogens is 5. The van der Waals surface area contributed by atoms with Crippen molar-refractivity contribution in [1.82, 2.24) is 25.0 Å². The summed E-state index contributed by atoms with van der Waals surface area (Å²) in [5.41, 5.74) is 2.31. The van der Waals surface area contributed by atoms with Crippen LogP contribution in [0.5, 0.6) is 0 Å². The number of benzene rings is 1. The van der Waals surface area contributed by atoms with Crippen LogP contribution in [0.25, 0.3) is 11.4 Å². The van der Waals surface area contributed by atoms with Gasteiger partial charge in [-0.15, -0.1) is 10.2 Å². The van der Waals surface area contributed by atoms with E-state index in [0.717, 1.165) is 12.8 Å². The first-order valence-electron chi connectivity index (χ1n) is 9.51. The van der Waals surface area contributed by atoms with Crippen LogP contribution in [0.1, 0.15) is 35.8 Å². The van der Waals surface area contributed by atoms with Gasteiger partial charge in [0.2, 0.25) is 5.91 Å². The lowest BCUT2D eigenvalue weighted by Crippen LogP contribution is -2.16. The lowest BCUT2D eigenvalue weighted by Gasteiger charge is -2.15. The third-order valence-corrected chi connectivity index (χ3v) is 4.77. The fourth-order valence-corrected chi connectivity index (χ4v) is 3.07. The molecule has 0 saturated heterocycles. The molecule has 1 aliphatic rings. The first kappa shape index (κ1) is 19.6. The van der Waals surface area contributed by atoms with Crippen molar-refractivity contribution in [3.05, 3.63) is 41.9 Å². The molecular formula is C20H21N7O3. The largest absolute Gasteiger partial charge is 0.392 e. The van der Waals surface area contributed by atoms with Crippen LogP contribution < -0.4 is 10.6 Å². The van der Waals surface area contributed by atoms with Gasteiger partial charge in [-0.2, -0.15) is 5.10 Å². The van der Waals surface area contributed by atoms with Gasteiger partial charge in [0.15, 0.2) is 23.1 Å². The summed E-state index contributed by atoms with van der Waals surface area (Å²) >= 11 is 0. The molecule has 2 aromatic heterocycles. The van der Waals surface area contributed by atoms with E-state index in [1.165, 1.54) is 6.92 Å². The Morgan fingerprint density at radius 2 is 2.03 bits per heavy atom. The molecule has 4 rings (SSSR count). The fourth-order valence-electron chi connectivity index (χ4n) is 3.07. The number of carbonyl (C=O) groups is 2. The van der Waals surface area contributed by atoms with Crippen molar-refractivity contribution in [2.75, 3.05) is 10.6 Å². The summed E-state index contributed by atoms with van der Waals surface area (Å²) in [4.78, 5) is 28.4. The third-order valence-electron chi connectivity index (χ3n) is 4.77. The number of anilines is 3. The number of aryl methyl sites for hydroxylation is 1. The summed E-state index contributed by atoms with van der Waals surface area (Å²) in [6.07, 6.45) is 3.31. The maximum absolute atomic E-state index is 12.1. The van der Waals surface area contributed by atoms with Crippen molar-refractivity contribution in [1.29, 1.82) is 0 Å². The molecule has 30 heavy (non-hydrogen) atoms. The van der Waals surface area contributed by atoms with E-state index >= 15 is 0 Å². The Bertz CT molecular complexity index is 1120. The first-order chi connectivity index (χ1) is 14.5. The number of ketones is 1. The van der Waals surface area contributed by atoms with Crippen LogP contribution in [0.4, 0.5) is 17.2 Å². The zero-order chi connectivity index (χ0) is 21.3. The molecular weight excluding hydrogens is 386 g/mol. The van der Waals surface area contributed by atoms with E-state index in [2.05, 4.69) is 30.9 Å². The molecule has 1 fully saturated rings. The van der Waals surface area contributed by atoms with Gasteiger partial charge >= 0.3 is 0 Å². The Labute approximate surface area is 172 Å². The van der Waals surface area contributed by atoms with Gasteiger partial charge in [-0.25, -0.2) is 4.98 Å². The van der Waals surface area contributed by atoms with Gasteiger partial charge in [0, 0.05) is 42.8 Å². The fraction of sp³-hybridized carbons (Fsp3) is 0.300. The maximum Gasteiger partial charge on any atom is 0.228 e. The normalized spacial score (nSPS) is 13.2. The quantitative estimate of drug-likeness (QED) is 0.507. The molecule has 0 radical (unpaired) electrons. The van der Waals surface area contributed by atoms with E-state index in [1.807, 2.05) is 6.07 Å². The predicted molar refractivity (Wildman–Crippen MR) is 109 cm³/mol. The Hall–Kier alpha value is -3.66. The van der Waals surface area contributed by atoms with Crippen molar-refractivity contribution < 1.29 is 14.7 Å². The number of carbonyl (C=O) groups excluding carboxylic acids is 2. The molecule has 3 aromatic rings. The Kier molecular flexibility index (Phi) is 5.23. The van der Waals surface area contributed by atoms with Crippen molar-refractivity contribution in [2.45, 2.75) is 26.4 Å². The number of aliphatic hydroxyl groups excluding tert-OH is 1. The highest BCUT2D eigenvalue weighted by Gasteiger charge is 2.30. The molecule has 0 atom stereocenters. The Morgan fingerprint density at radius 1 is 1.23 bits per heavy atom. The topological polar surface area (TPSA) is 135 Å². The predicted octanol–water partition coefficient (Wildman–Crippen LogP) is 2.06. The molecule has 1 aliphatic carbocycles. The number of Topliss-reactive ketones (excluding diaryl/α,β-unsaturated/α-hetero) is 1. The molecule has 0 spiro atoms. The summed E-state index contributed by atoms with van der Waals surface area (Å²) in [6, 6.07) is 6.94. The van der Waals surface area contributed by atoms with Gasteiger partial charge in [0.05, 0.1) is 12.3 Å². The molecule has 10 nitrogen and oxygen atoms in total. The van der Waals surface area contributed by atoms with E-state index < -0.39 is 0 Å². The van der Waals surface area contributed by atoms with Crippen LogP contribution in [0.3, 0.4) is 0 Å². The number of nitrogens with zero attached hydrogens (tertiary/aromatic N) is 5. The molecule has 0 aliphatic heterocycles. The van der Waals surface area contributed by atoms with Crippen LogP contribution >= 0.6 is 0 Å². The van der Waals surface area contributed by atoms with Gasteiger partial charge in [0.1, 0.15) is 6.33 Å². The van der Waals surface area contributed by atoms with Crippen molar-refractivity contribution in [2.24, 2.45) is 13.0 Å².